The molecule has 0 aromatic heterocycles. The van der Waals surface area contributed by atoms with Crippen LogP contribution in [0.4, 0.5) is 0 Å². The van der Waals surface area contributed by atoms with Gasteiger partial charge in [-0.3, -0.25) is 10.6 Å². The Hall–Kier alpha value is -0.680. The van der Waals surface area contributed by atoms with Gasteiger partial charge in [-0.2, -0.15) is 0 Å². The van der Waals surface area contributed by atoms with Crippen molar-refractivity contribution in [2.24, 2.45) is 11.7 Å². The first-order valence-electron chi connectivity index (χ1n) is 4.85. The van der Waals surface area contributed by atoms with Crippen LogP contribution in [-0.2, 0) is 0 Å². The van der Waals surface area contributed by atoms with E-state index in [-0.39, 0.29) is 5.84 Å². The first-order chi connectivity index (χ1) is 6.68. The Bertz CT molecular complexity index is 275. The van der Waals surface area contributed by atoms with Gasteiger partial charge in [0.15, 0.2) is 5.37 Å². The van der Waals surface area contributed by atoms with E-state index in [1.807, 2.05) is 5.41 Å². The molecule has 78 valence electrons. The number of rotatable bonds is 3. The van der Waals surface area contributed by atoms with E-state index in [1.54, 1.807) is 0 Å². The van der Waals surface area contributed by atoms with E-state index in [4.69, 9.17) is 11.1 Å². The van der Waals surface area contributed by atoms with Gasteiger partial charge in [0.1, 0.15) is 5.84 Å². The summed E-state index contributed by atoms with van der Waals surface area (Å²) in [7, 11) is 0. The topological polar surface area (TPSA) is 73.3 Å². The molecule has 1 fully saturated rings. The monoisotopic (exact) mass is 213 g/mol. The molecular weight excluding hydrogens is 198 g/mol. The number of hydroxylamine groups is 2. The summed E-state index contributed by atoms with van der Waals surface area (Å²) in [5, 5.41) is 19.7. The van der Waals surface area contributed by atoms with Crippen molar-refractivity contribution in [2.45, 2.75) is 31.1 Å². The fourth-order valence-corrected chi connectivity index (χ4v) is 2.63. The molecule has 1 saturated carbocycles. The largest absolute Gasteiger partial charge is 0.385 e. The number of nitrogens with zero attached hydrogens (tertiary/aromatic N) is 1. The van der Waals surface area contributed by atoms with Crippen LogP contribution < -0.4 is 5.73 Å². The quantitative estimate of drug-likeness (QED) is 0.493. The van der Waals surface area contributed by atoms with Crippen LogP contribution in [0.2, 0.25) is 0 Å². The van der Waals surface area contributed by atoms with Crippen LogP contribution in [0.15, 0.2) is 11.1 Å². The molecule has 1 aliphatic heterocycles. The van der Waals surface area contributed by atoms with Crippen molar-refractivity contribution < 1.29 is 5.21 Å². The Labute approximate surface area is 87.6 Å². The molecule has 1 heterocycles. The molecule has 5 heteroatoms. The maximum absolute atomic E-state index is 9.71. The number of nitrogens with one attached hydrogen (secondary N) is 1. The minimum absolute atomic E-state index is 0.0114. The third kappa shape index (κ3) is 1.74. The Morgan fingerprint density at radius 2 is 2.43 bits per heavy atom. The standard InChI is InChI=1S/C9H15N3OS/c10-8(11)9-12(13)7(5-14-9)4-6-2-1-3-6/h5-6,9,13H,1-4H2,(H3,10,11). The van der Waals surface area contributed by atoms with Gasteiger partial charge in [-0.15, -0.1) is 0 Å². The lowest BCUT2D eigenvalue weighted by Crippen LogP contribution is -2.37. The maximum atomic E-state index is 9.71. The number of thioether (sulfide) groups is 1. The van der Waals surface area contributed by atoms with Gasteiger partial charge in [0, 0.05) is 5.70 Å². The second kappa shape index (κ2) is 3.82. The fraction of sp³-hybridized carbons (Fsp3) is 0.667. The summed E-state index contributed by atoms with van der Waals surface area (Å²) in [5.41, 5.74) is 6.27. The highest BCUT2D eigenvalue weighted by atomic mass is 32.2. The molecule has 0 radical (unpaired) electrons. The first-order valence-corrected chi connectivity index (χ1v) is 5.79. The molecule has 0 aromatic rings. The molecule has 4 N–H and O–H groups in total. The molecule has 1 unspecified atom stereocenters. The lowest BCUT2D eigenvalue weighted by atomic mass is 9.82. The molecule has 14 heavy (non-hydrogen) atoms. The average Bonchev–Trinajstić information content (AvgIpc) is 2.40. The van der Waals surface area contributed by atoms with Crippen LogP contribution >= 0.6 is 11.8 Å². The second-order valence-electron chi connectivity index (χ2n) is 3.90. The first kappa shape index (κ1) is 9.86. The van der Waals surface area contributed by atoms with E-state index >= 15 is 0 Å². The predicted octanol–water partition coefficient (Wildman–Crippen LogP) is 1.72. The summed E-state index contributed by atoms with van der Waals surface area (Å²) < 4.78 is 0. The summed E-state index contributed by atoms with van der Waals surface area (Å²) in [6.07, 6.45) is 4.76. The Morgan fingerprint density at radius 1 is 1.71 bits per heavy atom. The SMILES string of the molecule is N=C(N)C1SC=C(CC2CCC2)N1O. The third-order valence-corrected chi connectivity index (χ3v) is 3.96. The smallest absolute Gasteiger partial charge is 0.161 e. The molecule has 0 amide bonds. The number of amidine groups is 1. The van der Waals surface area contributed by atoms with Crippen molar-refractivity contribution >= 4 is 17.6 Å². The van der Waals surface area contributed by atoms with Crippen molar-refractivity contribution in [2.75, 3.05) is 0 Å². The van der Waals surface area contributed by atoms with Crippen LogP contribution in [0, 0.1) is 11.3 Å². The molecular formula is C9H15N3OS. The zero-order chi connectivity index (χ0) is 10.1. The van der Waals surface area contributed by atoms with Crippen molar-refractivity contribution in [1.29, 1.82) is 5.41 Å². The highest BCUT2D eigenvalue weighted by molar-refractivity contribution is 8.03. The molecule has 0 aromatic carbocycles. The summed E-state index contributed by atoms with van der Waals surface area (Å²) in [6, 6.07) is 0. The Kier molecular flexibility index (Phi) is 2.69. The van der Waals surface area contributed by atoms with Crippen molar-refractivity contribution in [3.05, 3.63) is 11.1 Å². The van der Waals surface area contributed by atoms with E-state index < -0.39 is 5.37 Å². The molecule has 1 aliphatic carbocycles. The maximum Gasteiger partial charge on any atom is 0.161 e. The highest BCUT2D eigenvalue weighted by Gasteiger charge is 2.30. The van der Waals surface area contributed by atoms with E-state index in [0.29, 0.717) is 0 Å². The number of hydrogen-bond donors (Lipinski definition) is 3. The van der Waals surface area contributed by atoms with E-state index in [1.165, 1.54) is 31.0 Å². The van der Waals surface area contributed by atoms with Crippen molar-refractivity contribution in [3.63, 3.8) is 0 Å². The molecule has 2 aliphatic rings. The van der Waals surface area contributed by atoms with Crippen LogP contribution in [-0.4, -0.2) is 21.5 Å². The predicted molar refractivity (Wildman–Crippen MR) is 57.0 cm³/mol. The van der Waals surface area contributed by atoms with Crippen LogP contribution in [0.1, 0.15) is 25.7 Å². The molecule has 0 bridgehead atoms. The zero-order valence-corrected chi connectivity index (χ0v) is 8.76. The lowest BCUT2D eigenvalue weighted by molar-refractivity contribution is -0.0533. The summed E-state index contributed by atoms with van der Waals surface area (Å²) in [4.78, 5) is 0. The van der Waals surface area contributed by atoms with Crippen molar-refractivity contribution in [1.82, 2.24) is 5.06 Å². The number of allylic oxidation sites excluding steroid dienone is 1. The minimum Gasteiger partial charge on any atom is -0.385 e. The van der Waals surface area contributed by atoms with E-state index in [9.17, 15) is 5.21 Å². The van der Waals surface area contributed by atoms with Gasteiger partial charge in [-0.05, 0) is 17.7 Å². The molecule has 2 rings (SSSR count). The number of hydrogen-bond acceptors (Lipinski definition) is 4. The Morgan fingerprint density at radius 3 is 2.86 bits per heavy atom. The second-order valence-corrected chi connectivity index (χ2v) is 4.85. The average molecular weight is 213 g/mol. The molecule has 4 nitrogen and oxygen atoms in total. The minimum atomic E-state index is -0.398. The summed E-state index contributed by atoms with van der Waals surface area (Å²) in [6.45, 7) is 0. The van der Waals surface area contributed by atoms with Gasteiger partial charge in [0.25, 0.3) is 0 Å². The van der Waals surface area contributed by atoms with Crippen molar-refractivity contribution in [3.8, 4) is 0 Å². The van der Waals surface area contributed by atoms with Gasteiger partial charge in [0.2, 0.25) is 0 Å². The van der Waals surface area contributed by atoms with Crippen LogP contribution in [0.25, 0.3) is 0 Å². The normalized spacial score (nSPS) is 27.4. The summed E-state index contributed by atoms with van der Waals surface area (Å²) in [5.74, 6) is 0.736. The van der Waals surface area contributed by atoms with Gasteiger partial charge in [-0.1, -0.05) is 31.0 Å². The van der Waals surface area contributed by atoms with Gasteiger partial charge in [-0.25, -0.2) is 5.06 Å². The van der Waals surface area contributed by atoms with Gasteiger partial charge < -0.3 is 5.73 Å². The summed E-state index contributed by atoms with van der Waals surface area (Å²) >= 11 is 1.41. The van der Waals surface area contributed by atoms with E-state index in [2.05, 4.69) is 0 Å². The third-order valence-electron chi connectivity index (χ3n) is 2.84. The van der Waals surface area contributed by atoms with E-state index in [0.717, 1.165) is 23.1 Å². The van der Waals surface area contributed by atoms with Crippen LogP contribution in [0.3, 0.4) is 0 Å². The molecule has 1 atom stereocenters. The van der Waals surface area contributed by atoms with Crippen LogP contribution in [0.5, 0.6) is 0 Å². The van der Waals surface area contributed by atoms with Gasteiger partial charge >= 0.3 is 0 Å². The zero-order valence-electron chi connectivity index (χ0n) is 7.94. The van der Waals surface area contributed by atoms with Gasteiger partial charge in [0.05, 0.1) is 0 Å². The number of nitrogens with two attached hydrogens (primary N) is 1. The Balaban J connectivity index is 1.91. The highest BCUT2D eigenvalue weighted by Crippen LogP contribution is 2.38. The lowest BCUT2D eigenvalue weighted by Gasteiger charge is -2.28. The molecule has 0 spiro atoms. The fourth-order valence-electron chi connectivity index (χ4n) is 1.74. The molecule has 0 saturated heterocycles.